The normalized spacial score (nSPS) is 21.4. The predicted octanol–water partition coefficient (Wildman–Crippen LogP) is 4.42. The molecule has 3 nitrogen and oxygen atoms in total. The summed E-state index contributed by atoms with van der Waals surface area (Å²) in [5, 5.41) is 0. The van der Waals surface area contributed by atoms with E-state index in [0.717, 1.165) is 39.3 Å². The molecule has 0 N–H and O–H groups in total. The van der Waals surface area contributed by atoms with E-state index in [9.17, 15) is 0 Å². The van der Waals surface area contributed by atoms with Crippen LogP contribution in [0.5, 0.6) is 0 Å². The fourth-order valence-corrected chi connectivity index (χ4v) is 5.86. The van der Waals surface area contributed by atoms with Crippen LogP contribution in [0.25, 0.3) is 0 Å². The smallest absolute Gasteiger partial charge is 0.0816 e. The summed E-state index contributed by atoms with van der Waals surface area (Å²) < 4.78 is 17.4. The van der Waals surface area contributed by atoms with Gasteiger partial charge in [-0.3, -0.25) is 0 Å². The molecular formula is C17H36O3Si. The lowest BCUT2D eigenvalue weighted by atomic mass is 10.2. The molecule has 1 saturated heterocycles. The summed E-state index contributed by atoms with van der Waals surface area (Å²) in [4.78, 5) is 0. The second kappa shape index (κ2) is 10.8. The predicted molar refractivity (Wildman–Crippen MR) is 91.6 cm³/mol. The molecule has 1 aliphatic rings. The van der Waals surface area contributed by atoms with E-state index in [4.69, 9.17) is 14.2 Å². The molecule has 0 bridgehead atoms. The number of ether oxygens (including phenoxy) is 3. The number of hydrogen-bond acceptors (Lipinski definition) is 3. The minimum absolute atomic E-state index is 0.343. The largest absolute Gasteiger partial charge is 0.382 e. The maximum atomic E-state index is 6.01. The van der Waals surface area contributed by atoms with E-state index in [1.807, 2.05) is 0 Å². The first-order valence-electron chi connectivity index (χ1n) is 8.87. The van der Waals surface area contributed by atoms with E-state index >= 15 is 0 Å². The summed E-state index contributed by atoms with van der Waals surface area (Å²) in [6.07, 6.45) is 7.72. The van der Waals surface area contributed by atoms with Gasteiger partial charge >= 0.3 is 0 Å². The van der Waals surface area contributed by atoms with Crippen molar-refractivity contribution in [3.63, 3.8) is 0 Å². The van der Waals surface area contributed by atoms with Gasteiger partial charge in [0.1, 0.15) is 0 Å². The molecule has 126 valence electrons. The van der Waals surface area contributed by atoms with E-state index < -0.39 is 8.07 Å². The SMILES string of the molecule is CCCCOCCOC(C)CC[Si](C)(C)C1CCCCO1. The highest BCUT2D eigenvalue weighted by atomic mass is 28.3. The molecule has 0 saturated carbocycles. The minimum Gasteiger partial charge on any atom is -0.382 e. The third kappa shape index (κ3) is 8.34. The van der Waals surface area contributed by atoms with Crippen molar-refractivity contribution in [1.82, 2.24) is 0 Å². The van der Waals surface area contributed by atoms with Gasteiger partial charge in [0, 0.05) is 18.9 Å². The lowest BCUT2D eigenvalue weighted by Crippen LogP contribution is -2.45. The number of hydrogen-bond donors (Lipinski definition) is 0. The molecule has 1 rings (SSSR count). The third-order valence-electron chi connectivity index (χ3n) is 4.52. The van der Waals surface area contributed by atoms with Crippen LogP contribution in [0.1, 0.15) is 52.4 Å². The molecule has 21 heavy (non-hydrogen) atoms. The van der Waals surface area contributed by atoms with E-state index in [0.29, 0.717) is 11.8 Å². The Balaban J connectivity index is 2.09. The highest BCUT2D eigenvalue weighted by molar-refractivity contribution is 6.78. The van der Waals surface area contributed by atoms with Crippen molar-refractivity contribution in [2.45, 2.75) is 83.3 Å². The van der Waals surface area contributed by atoms with Gasteiger partial charge in [0.15, 0.2) is 0 Å². The van der Waals surface area contributed by atoms with Crippen molar-refractivity contribution in [3.05, 3.63) is 0 Å². The summed E-state index contributed by atoms with van der Waals surface area (Å²) in [5.74, 6) is 0. The van der Waals surface area contributed by atoms with Crippen molar-refractivity contribution in [2.24, 2.45) is 0 Å². The fraction of sp³-hybridized carbons (Fsp3) is 1.00. The lowest BCUT2D eigenvalue weighted by molar-refractivity contribution is 0.00992. The Morgan fingerprint density at radius 2 is 2.00 bits per heavy atom. The molecule has 1 fully saturated rings. The molecule has 1 aliphatic heterocycles. The van der Waals surface area contributed by atoms with Crippen LogP contribution < -0.4 is 0 Å². The van der Waals surface area contributed by atoms with Gasteiger partial charge in [-0.1, -0.05) is 32.5 Å². The third-order valence-corrected chi connectivity index (χ3v) is 8.29. The first kappa shape index (κ1) is 19.1. The Morgan fingerprint density at radius 1 is 1.19 bits per heavy atom. The Hall–Kier alpha value is 0.0969. The molecule has 0 radical (unpaired) electrons. The van der Waals surface area contributed by atoms with Gasteiger partial charge in [-0.05, 0) is 39.0 Å². The monoisotopic (exact) mass is 316 g/mol. The van der Waals surface area contributed by atoms with Gasteiger partial charge in [-0.25, -0.2) is 0 Å². The van der Waals surface area contributed by atoms with Crippen LogP contribution in [0.15, 0.2) is 0 Å². The maximum Gasteiger partial charge on any atom is 0.0816 e. The highest BCUT2D eigenvalue weighted by Gasteiger charge is 2.33. The fourth-order valence-electron chi connectivity index (χ4n) is 2.83. The van der Waals surface area contributed by atoms with E-state index in [1.54, 1.807) is 0 Å². The van der Waals surface area contributed by atoms with Crippen molar-refractivity contribution < 1.29 is 14.2 Å². The molecule has 0 amide bonds. The molecule has 0 aliphatic carbocycles. The van der Waals surface area contributed by atoms with Crippen LogP contribution in [0.4, 0.5) is 0 Å². The summed E-state index contributed by atoms with van der Waals surface area (Å²) >= 11 is 0. The average Bonchev–Trinajstić information content (AvgIpc) is 2.50. The Morgan fingerprint density at radius 3 is 2.67 bits per heavy atom. The quantitative estimate of drug-likeness (QED) is 0.417. The summed E-state index contributed by atoms with van der Waals surface area (Å²) in [6, 6.07) is 1.30. The highest BCUT2D eigenvalue weighted by Crippen LogP contribution is 2.27. The van der Waals surface area contributed by atoms with Gasteiger partial charge in [0.05, 0.1) is 27.4 Å². The van der Waals surface area contributed by atoms with Crippen LogP contribution in [0.2, 0.25) is 19.1 Å². The Bertz CT molecular complexity index is 252. The lowest BCUT2D eigenvalue weighted by Gasteiger charge is -2.35. The molecule has 0 spiro atoms. The van der Waals surface area contributed by atoms with Gasteiger partial charge in [-0.15, -0.1) is 0 Å². The van der Waals surface area contributed by atoms with Gasteiger partial charge < -0.3 is 14.2 Å². The second-order valence-electron chi connectivity index (χ2n) is 7.03. The van der Waals surface area contributed by atoms with Crippen LogP contribution in [-0.2, 0) is 14.2 Å². The number of unbranched alkanes of at least 4 members (excludes halogenated alkanes) is 1. The second-order valence-corrected chi connectivity index (χ2v) is 12.2. The summed E-state index contributed by atoms with van der Waals surface area (Å²) in [5.41, 5.74) is 0.566. The Labute approximate surface area is 132 Å². The van der Waals surface area contributed by atoms with Gasteiger partial charge in [0.2, 0.25) is 0 Å². The standard InChI is InChI=1S/C17H36O3Si/c1-5-6-11-18-13-14-19-16(2)10-15-21(3,4)17-9-7-8-12-20-17/h16-17H,5-15H2,1-4H3. The van der Waals surface area contributed by atoms with E-state index in [1.165, 1.54) is 31.7 Å². The molecule has 2 atom stereocenters. The summed E-state index contributed by atoms with van der Waals surface area (Å²) in [7, 11) is -1.26. The summed E-state index contributed by atoms with van der Waals surface area (Å²) in [6.45, 7) is 12.6. The molecule has 1 heterocycles. The van der Waals surface area contributed by atoms with E-state index in [-0.39, 0.29) is 0 Å². The van der Waals surface area contributed by atoms with Crippen molar-refractivity contribution in [2.75, 3.05) is 26.4 Å². The van der Waals surface area contributed by atoms with Gasteiger partial charge in [-0.2, -0.15) is 0 Å². The topological polar surface area (TPSA) is 27.7 Å². The first-order valence-corrected chi connectivity index (χ1v) is 12.2. The maximum absolute atomic E-state index is 6.01. The van der Waals surface area contributed by atoms with Crippen molar-refractivity contribution in [3.8, 4) is 0 Å². The number of rotatable bonds is 11. The zero-order chi connectivity index (χ0) is 15.6. The van der Waals surface area contributed by atoms with E-state index in [2.05, 4.69) is 26.9 Å². The first-order chi connectivity index (χ1) is 10.1. The van der Waals surface area contributed by atoms with Crippen LogP contribution >= 0.6 is 0 Å². The molecule has 0 aromatic rings. The van der Waals surface area contributed by atoms with Crippen LogP contribution in [0.3, 0.4) is 0 Å². The molecule has 4 heteroatoms. The Kier molecular flexibility index (Phi) is 9.81. The minimum atomic E-state index is -1.26. The molecule has 0 aromatic heterocycles. The molecular weight excluding hydrogens is 280 g/mol. The van der Waals surface area contributed by atoms with Crippen LogP contribution in [-0.4, -0.2) is 46.3 Å². The van der Waals surface area contributed by atoms with Crippen molar-refractivity contribution in [1.29, 1.82) is 0 Å². The van der Waals surface area contributed by atoms with Crippen molar-refractivity contribution >= 4 is 8.07 Å². The zero-order valence-corrected chi connectivity index (χ0v) is 15.7. The van der Waals surface area contributed by atoms with Crippen LogP contribution in [0, 0.1) is 0 Å². The molecule has 0 aromatic carbocycles. The average molecular weight is 317 g/mol. The van der Waals surface area contributed by atoms with Gasteiger partial charge in [0.25, 0.3) is 0 Å². The zero-order valence-electron chi connectivity index (χ0n) is 14.7. The molecule has 2 unspecified atom stereocenters.